The summed E-state index contributed by atoms with van der Waals surface area (Å²) in [4.78, 5) is 0. The number of hydrogen-bond donors (Lipinski definition) is 1. The normalized spacial score (nSPS) is 12.2. The maximum atomic E-state index is 6.08. The topological polar surface area (TPSA) is 21.3 Å². The third-order valence-electron chi connectivity index (χ3n) is 3.12. The molecular formula is C16H17Cl2NO. The Bertz CT molecular complexity index is 569. The summed E-state index contributed by atoms with van der Waals surface area (Å²) in [5, 5.41) is 4.81. The van der Waals surface area contributed by atoms with Crippen molar-refractivity contribution in [1.82, 2.24) is 5.32 Å². The molecule has 0 amide bonds. The summed E-state index contributed by atoms with van der Waals surface area (Å²) in [5.41, 5.74) is 2.26. The molecule has 1 atom stereocenters. The number of methoxy groups -OCH3 is 1. The average molecular weight is 310 g/mol. The van der Waals surface area contributed by atoms with E-state index in [2.05, 4.69) is 12.2 Å². The van der Waals surface area contributed by atoms with Crippen LogP contribution in [0.4, 0.5) is 0 Å². The van der Waals surface area contributed by atoms with E-state index in [1.165, 1.54) is 0 Å². The lowest BCUT2D eigenvalue weighted by Crippen LogP contribution is -2.21. The maximum Gasteiger partial charge on any atom is 0.137 e. The summed E-state index contributed by atoms with van der Waals surface area (Å²) in [6.07, 6.45) is 0. The molecule has 0 aromatic heterocycles. The summed E-state index contributed by atoms with van der Waals surface area (Å²) in [6.45, 7) is 2.94. The SMILES string of the molecule is CCNC(c1ccc(Cl)cc1)c1ccc(Cl)c(OC)c1. The highest BCUT2D eigenvalue weighted by Crippen LogP contribution is 2.30. The number of ether oxygens (including phenoxy) is 1. The summed E-state index contributed by atoms with van der Waals surface area (Å²) in [6, 6.07) is 13.8. The lowest BCUT2D eigenvalue weighted by atomic mass is 9.98. The van der Waals surface area contributed by atoms with Crippen LogP contribution in [0.3, 0.4) is 0 Å². The second kappa shape index (κ2) is 6.98. The lowest BCUT2D eigenvalue weighted by molar-refractivity contribution is 0.414. The van der Waals surface area contributed by atoms with Gasteiger partial charge in [0, 0.05) is 5.02 Å². The first kappa shape index (κ1) is 15.2. The van der Waals surface area contributed by atoms with Crippen LogP contribution in [-0.4, -0.2) is 13.7 Å². The van der Waals surface area contributed by atoms with E-state index in [0.717, 1.165) is 22.7 Å². The van der Waals surface area contributed by atoms with Crippen LogP contribution in [0, 0.1) is 0 Å². The fourth-order valence-corrected chi connectivity index (χ4v) is 2.46. The van der Waals surface area contributed by atoms with Gasteiger partial charge in [0.25, 0.3) is 0 Å². The Morgan fingerprint density at radius 1 is 1.05 bits per heavy atom. The molecule has 2 aromatic carbocycles. The van der Waals surface area contributed by atoms with Crippen molar-refractivity contribution in [2.24, 2.45) is 0 Å². The van der Waals surface area contributed by atoms with Gasteiger partial charge in [0.1, 0.15) is 5.75 Å². The minimum absolute atomic E-state index is 0.0865. The van der Waals surface area contributed by atoms with Gasteiger partial charge in [-0.25, -0.2) is 0 Å². The predicted molar refractivity (Wildman–Crippen MR) is 85.0 cm³/mol. The zero-order valence-corrected chi connectivity index (χ0v) is 13.0. The van der Waals surface area contributed by atoms with Gasteiger partial charge in [-0.3, -0.25) is 0 Å². The second-order valence-electron chi connectivity index (χ2n) is 4.44. The lowest BCUT2D eigenvalue weighted by Gasteiger charge is -2.20. The van der Waals surface area contributed by atoms with Crippen LogP contribution >= 0.6 is 23.2 Å². The molecule has 4 heteroatoms. The van der Waals surface area contributed by atoms with E-state index in [0.29, 0.717) is 10.8 Å². The molecule has 2 nitrogen and oxygen atoms in total. The summed E-state index contributed by atoms with van der Waals surface area (Å²) in [5.74, 6) is 0.682. The zero-order valence-electron chi connectivity index (χ0n) is 11.5. The van der Waals surface area contributed by atoms with E-state index in [1.807, 2.05) is 42.5 Å². The van der Waals surface area contributed by atoms with Crippen LogP contribution in [0.15, 0.2) is 42.5 Å². The van der Waals surface area contributed by atoms with Crippen LogP contribution < -0.4 is 10.1 Å². The Labute approximate surface area is 129 Å². The molecule has 0 radical (unpaired) electrons. The van der Waals surface area contributed by atoms with Gasteiger partial charge in [0.05, 0.1) is 18.2 Å². The molecule has 0 aliphatic heterocycles. The average Bonchev–Trinajstić information content (AvgIpc) is 2.47. The van der Waals surface area contributed by atoms with Crippen molar-refractivity contribution < 1.29 is 4.74 Å². The molecule has 0 saturated carbocycles. The predicted octanol–water partition coefficient (Wildman–Crippen LogP) is 4.70. The minimum Gasteiger partial charge on any atom is -0.495 e. The van der Waals surface area contributed by atoms with Crippen molar-refractivity contribution in [2.45, 2.75) is 13.0 Å². The Kier molecular flexibility index (Phi) is 5.30. The first-order valence-corrected chi connectivity index (χ1v) is 7.23. The van der Waals surface area contributed by atoms with Gasteiger partial charge in [0.15, 0.2) is 0 Å². The second-order valence-corrected chi connectivity index (χ2v) is 5.28. The molecule has 1 N–H and O–H groups in total. The van der Waals surface area contributed by atoms with Crippen LogP contribution in [0.5, 0.6) is 5.75 Å². The fraction of sp³-hybridized carbons (Fsp3) is 0.250. The molecule has 20 heavy (non-hydrogen) atoms. The molecule has 0 spiro atoms. The fourth-order valence-electron chi connectivity index (χ4n) is 2.14. The molecular weight excluding hydrogens is 293 g/mol. The summed E-state index contributed by atoms with van der Waals surface area (Å²) < 4.78 is 5.29. The van der Waals surface area contributed by atoms with Gasteiger partial charge in [-0.2, -0.15) is 0 Å². The van der Waals surface area contributed by atoms with Crippen LogP contribution in [-0.2, 0) is 0 Å². The van der Waals surface area contributed by atoms with Crippen molar-refractivity contribution in [3.63, 3.8) is 0 Å². The highest BCUT2D eigenvalue weighted by atomic mass is 35.5. The van der Waals surface area contributed by atoms with Gasteiger partial charge in [-0.1, -0.05) is 48.3 Å². The van der Waals surface area contributed by atoms with Crippen LogP contribution in [0.25, 0.3) is 0 Å². The van der Waals surface area contributed by atoms with Crippen molar-refractivity contribution in [3.05, 3.63) is 63.6 Å². The Morgan fingerprint density at radius 2 is 1.70 bits per heavy atom. The summed E-state index contributed by atoms with van der Waals surface area (Å²) >= 11 is 12.0. The third kappa shape index (κ3) is 3.45. The molecule has 2 aromatic rings. The van der Waals surface area contributed by atoms with Crippen LogP contribution in [0.2, 0.25) is 10.0 Å². The van der Waals surface area contributed by atoms with E-state index in [4.69, 9.17) is 27.9 Å². The van der Waals surface area contributed by atoms with E-state index >= 15 is 0 Å². The van der Waals surface area contributed by atoms with Gasteiger partial charge >= 0.3 is 0 Å². The first-order valence-electron chi connectivity index (χ1n) is 6.48. The first-order chi connectivity index (χ1) is 9.65. The van der Waals surface area contributed by atoms with Crippen molar-refractivity contribution >= 4 is 23.2 Å². The molecule has 0 heterocycles. The van der Waals surface area contributed by atoms with Crippen molar-refractivity contribution in [2.75, 3.05) is 13.7 Å². The molecule has 2 rings (SSSR count). The number of nitrogens with one attached hydrogen (secondary N) is 1. The molecule has 106 valence electrons. The van der Waals surface area contributed by atoms with E-state index in [9.17, 15) is 0 Å². The molecule has 0 fully saturated rings. The molecule has 0 aliphatic carbocycles. The maximum absolute atomic E-state index is 6.08. The van der Waals surface area contributed by atoms with E-state index in [-0.39, 0.29) is 6.04 Å². The highest BCUT2D eigenvalue weighted by Gasteiger charge is 2.14. The van der Waals surface area contributed by atoms with Gasteiger partial charge < -0.3 is 10.1 Å². The Hall–Kier alpha value is -1.22. The van der Waals surface area contributed by atoms with Gasteiger partial charge in [0.2, 0.25) is 0 Å². The number of hydrogen-bond acceptors (Lipinski definition) is 2. The van der Waals surface area contributed by atoms with Crippen molar-refractivity contribution in [1.29, 1.82) is 0 Å². The van der Waals surface area contributed by atoms with E-state index in [1.54, 1.807) is 7.11 Å². The quantitative estimate of drug-likeness (QED) is 0.864. The standard InChI is InChI=1S/C16H17Cl2NO/c1-3-19-16(11-4-7-13(17)8-5-11)12-6-9-14(18)15(10-12)20-2/h4-10,16,19H,3H2,1-2H3. The van der Waals surface area contributed by atoms with Crippen LogP contribution in [0.1, 0.15) is 24.1 Å². The largest absolute Gasteiger partial charge is 0.495 e. The summed E-state index contributed by atoms with van der Waals surface area (Å²) in [7, 11) is 1.62. The van der Waals surface area contributed by atoms with E-state index < -0.39 is 0 Å². The Morgan fingerprint density at radius 3 is 2.30 bits per heavy atom. The smallest absolute Gasteiger partial charge is 0.137 e. The Balaban J connectivity index is 2.39. The molecule has 1 unspecified atom stereocenters. The van der Waals surface area contributed by atoms with Gasteiger partial charge in [-0.05, 0) is 41.9 Å². The zero-order chi connectivity index (χ0) is 14.5. The molecule has 0 saturated heterocycles. The highest BCUT2D eigenvalue weighted by molar-refractivity contribution is 6.32. The minimum atomic E-state index is 0.0865. The van der Waals surface area contributed by atoms with Crippen molar-refractivity contribution in [3.8, 4) is 5.75 Å². The molecule has 0 bridgehead atoms. The van der Waals surface area contributed by atoms with Gasteiger partial charge in [-0.15, -0.1) is 0 Å². The number of rotatable bonds is 5. The third-order valence-corrected chi connectivity index (χ3v) is 3.68. The number of halogens is 2. The molecule has 0 aliphatic rings. The number of benzene rings is 2. The monoisotopic (exact) mass is 309 g/mol.